The molecule has 0 aliphatic carbocycles. The van der Waals surface area contributed by atoms with Gasteiger partial charge in [0.05, 0.1) is 17.8 Å². The van der Waals surface area contributed by atoms with Crippen LogP contribution in [0, 0.1) is 0 Å². The first-order chi connectivity index (χ1) is 8.42. The molecule has 0 aromatic carbocycles. The molecule has 18 heavy (non-hydrogen) atoms. The molecule has 1 fully saturated rings. The highest BCUT2D eigenvalue weighted by Crippen LogP contribution is 2.59. The molecule has 1 N–H and O–H groups in total. The molecular weight excluding hydrogens is 255 g/mol. The summed E-state index contributed by atoms with van der Waals surface area (Å²) in [7, 11) is -3.51. The van der Waals surface area contributed by atoms with Gasteiger partial charge in [0.1, 0.15) is 0 Å². The second-order valence-corrected chi connectivity index (χ2v) is 6.46. The molecule has 0 radical (unpaired) electrons. The van der Waals surface area contributed by atoms with Crippen LogP contribution in [-0.2, 0) is 18.1 Å². The van der Waals surface area contributed by atoms with Crippen molar-refractivity contribution < 1.29 is 23.2 Å². The SMILES string of the molecule is CC1(C)C=C[C@H]2C[C@H](/C=C/CCO)O[P@@](=O)(O2)O1. The molecule has 2 aliphatic heterocycles. The van der Waals surface area contributed by atoms with E-state index in [1.165, 1.54) is 0 Å². The van der Waals surface area contributed by atoms with Crippen molar-refractivity contribution in [1.29, 1.82) is 0 Å². The number of rotatable bonds is 3. The molecule has 6 heteroatoms. The molecule has 2 rings (SSSR count). The summed E-state index contributed by atoms with van der Waals surface area (Å²) in [6.45, 7) is 3.71. The molecule has 1 saturated heterocycles. The smallest absolute Gasteiger partial charge is 0.396 e. The Morgan fingerprint density at radius 3 is 3.00 bits per heavy atom. The Bertz CT molecular complexity index is 401. The van der Waals surface area contributed by atoms with Gasteiger partial charge in [-0.05, 0) is 20.3 Å². The van der Waals surface area contributed by atoms with Crippen LogP contribution in [0.3, 0.4) is 0 Å². The van der Waals surface area contributed by atoms with Crippen LogP contribution in [0.5, 0.6) is 0 Å². The Kier molecular flexibility index (Phi) is 4.09. The van der Waals surface area contributed by atoms with Gasteiger partial charge in [-0.2, -0.15) is 0 Å². The lowest BCUT2D eigenvalue weighted by molar-refractivity contribution is 0.00401. The Morgan fingerprint density at radius 2 is 2.28 bits per heavy atom. The van der Waals surface area contributed by atoms with Gasteiger partial charge in [0.2, 0.25) is 0 Å². The van der Waals surface area contributed by atoms with Crippen molar-refractivity contribution in [3.05, 3.63) is 24.3 Å². The Morgan fingerprint density at radius 1 is 1.50 bits per heavy atom. The van der Waals surface area contributed by atoms with Crippen molar-refractivity contribution in [3.8, 4) is 0 Å². The fourth-order valence-electron chi connectivity index (χ4n) is 1.92. The van der Waals surface area contributed by atoms with Crippen LogP contribution in [0.4, 0.5) is 0 Å². The summed E-state index contributed by atoms with van der Waals surface area (Å²) >= 11 is 0. The summed E-state index contributed by atoms with van der Waals surface area (Å²) < 4.78 is 28.5. The van der Waals surface area contributed by atoms with Gasteiger partial charge < -0.3 is 5.11 Å². The van der Waals surface area contributed by atoms with Crippen LogP contribution in [0.1, 0.15) is 26.7 Å². The number of aliphatic hydroxyl groups is 1. The van der Waals surface area contributed by atoms with E-state index in [2.05, 4.69) is 0 Å². The molecule has 0 aromatic heterocycles. The van der Waals surface area contributed by atoms with Crippen molar-refractivity contribution in [1.82, 2.24) is 0 Å². The molecule has 2 heterocycles. The van der Waals surface area contributed by atoms with E-state index in [0.717, 1.165) is 0 Å². The van der Waals surface area contributed by atoms with Crippen molar-refractivity contribution in [2.75, 3.05) is 6.61 Å². The van der Waals surface area contributed by atoms with Gasteiger partial charge in [-0.3, -0.25) is 13.6 Å². The van der Waals surface area contributed by atoms with E-state index in [4.69, 9.17) is 18.7 Å². The molecule has 3 atom stereocenters. The number of hydrogen-bond donors (Lipinski definition) is 1. The lowest BCUT2D eigenvalue weighted by atomic mass is 10.1. The molecule has 0 saturated carbocycles. The first kappa shape index (κ1) is 14.0. The average molecular weight is 274 g/mol. The summed E-state index contributed by atoms with van der Waals surface area (Å²) in [6.07, 6.45) is 7.92. The quantitative estimate of drug-likeness (QED) is 0.633. The molecule has 0 amide bonds. The molecule has 0 unspecified atom stereocenters. The highest BCUT2D eigenvalue weighted by Gasteiger charge is 2.44. The average Bonchev–Trinajstić information content (AvgIpc) is 2.32. The number of hydrogen-bond acceptors (Lipinski definition) is 5. The van der Waals surface area contributed by atoms with E-state index in [-0.39, 0.29) is 18.8 Å². The van der Waals surface area contributed by atoms with E-state index < -0.39 is 13.4 Å². The topological polar surface area (TPSA) is 65.0 Å². The molecular formula is C12H19O5P. The summed E-state index contributed by atoms with van der Waals surface area (Å²) in [6, 6.07) is 0. The maximum atomic E-state index is 12.4. The van der Waals surface area contributed by atoms with Gasteiger partial charge >= 0.3 is 7.82 Å². The van der Waals surface area contributed by atoms with Crippen LogP contribution >= 0.6 is 7.82 Å². The number of fused-ring (bicyclic) bond motifs is 2. The van der Waals surface area contributed by atoms with Crippen LogP contribution in [0.25, 0.3) is 0 Å². The van der Waals surface area contributed by atoms with E-state index >= 15 is 0 Å². The molecule has 2 aliphatic rings. The van der Waals surface area contributed by atoms with Crippen molar-refractivity contribution in [2.24, 2.45) is 0 Å². The van der Waals surface area contributed by atoms with E-state index in [1.807, 2.05) is 32.1 Å². The number of phosphoric ester groups is 1. The maximum Gasteiger partial charge on any atom is 0.476 e. The minimum atomic E-state index is -3.51. The third-order valence-corrected chi connectivity index (χ3v) is 4.45. The van der Waals surface area contributed by atoms with Crippen LogP contribution in [-0.4, -0.2) is 29.5 Å². The highest BCUT2D eigenvalue weighted by atomic mass is 31.2. The van der Waals surface area contributed by atoms with E-state index in [9.17, 15) is 4.57 Å². The second kappa shape index (κ2) is 5.27. The highest BCUT2D eigenvalue weighted by molar-refractivity contribution is 7.48. The number of aliphatic hydroxyl groups excluding tert-OH is 1. The summed E-state index contributed by atoms with van der Waals surface area (Å²) in [5, 5.41) is 8.71. The minimum Gasteiger partial charge on any atom is -0.396 e. The second-order valence-electron chi connectivity index (χ2n) is 4.96. The summed E-state index contributed by atoms with van der Waals surface area (Å²) in [5.74, 6) is 0. The number of phosphoric acid groups is 1. The zero-order valence-corrected chi connectivity index (χ0v) is 11.5. The maximum absolute atomic E-state index is 12.4. The van der Waals surface area contributed by atoms with Gasteiger partial charge in [0.25, 0.3) is 0 Å². The Balaban J connectivity index is 2.12. The van der Waals surface area contributed by atoms with Gasteiger partial charge in [-0.25, -0.2) is 4.57 Å². The van der Waals surface area contributed by atoms with Crippen LogP contribution in [0.15, 0.2) is 24.3 Å². The fraction of sp³-hybridized carbons (Fsp3) is 0.667. The Labute approximate surface area is 107 Å². The summed E-state index contributed by atoms with van der Waals surface area (Å²) in [5.41, 5.74) is -0.659. The zero-order chi connectivity index (χ0) is 13.2. The monoisotopic (exact) mass is 274 g/mol. The summed E-state index contributed by atoms with van der Waals surface area (Å²) in [4.78, 5) is 0. The van der Waals surface area contributed by atoms with Crippen molar-refractivity contribution in [3.63, 3.8) is 0 Å². The predicted octanol–water partition coefficient (Wildman–Crippen LogP) is 2.57. The zero-order valence-electron chi connectivity index (χ0n) is 10.6. The van der Waals surface area contributed by atoms with Gasteiger partial charge in [-0.1, -0.05) is 24.3 Å². The largest absolute Gasteiger partial charge is 0.476 e. The first-order valence-corrected chi connectivity index (χ1v) is 7.53. The lowest BCUT2D eigenvalue weighted by Gasteiger charge is -2.32. The predicted molar refractivity (Wildman–Crippen MR) is 67.1 cm³/mol. The lowest BCUT2D eigenvalue weighted by Crippen LogP contribution is -2.27. The van der Waals surface area contributed by atoms with Crippen LogP contribution in [0.2, 0.25) is 0 Å². The molecule has 102 valence electrons. The molecule has 0 spiro atoms. The standard InChI is InChI=1S/C12H19O5P/c1-12(2)7-6-11-9-10(5-3-4-8-13)15-18(14,16-11)17-12/h3,5-7,10-11,13H,4,8-9H2,1-2H3/b5-3+/t10-,11-,18-/m0/s1. The molecule has 5 nitrogen and oxygen atoms in total. The van der Waals surface area contributed by atoms with Gasteiger partial charge in [-0.15, -0.1) is 0 Å². The fourth-order valence-corrected chi connectivity index (χ4v) is 3.67. The van der Waals surface area contributed by atoms with E-state index in [0.29, 0.717) is 12.8 Å². The first-order valence-electron chi connectivity index (χ1n) is 6.07. The van der Waals surface area contributed by atoms with Crippen molar-refractivity contribution in [2.45, 2.75) is 44.5 Å². The van der Waals surface area contributed by atoms with Crippen molar-refractivity contribution >= 4 is 7.82 Å². The van der Waals surface area contributed by atoms with Gasteiger partial charge in [0, 0.05) is 13.0 Å². The normalized spacial score (nSPS) is 38.8. The third kappa shape index (κ3) is 3.53. The van der Waals surface area contributed by atoms with E-state index in [1.54, 1.807) is 6.08 Å². The Hall–Kier alpha value is -0.450. The van der Waals surface area contributed by atoms with Crippen LogP contribution < -0.4 is 0 Å². The minimum absolute atomic E-state index is 0.0875. The molecule has 0 aromatic rings. The molecule has 2 bridgehead atoms. The third-order valence-electron chi connectivity index (χ3n) is 2.70. The van der Waals surface area contributed by atoms with Gasteiger partial charge in [0.15, 0.2) is 0 Å².